The molecule has 0 radical (unpaired) electrons. The van der Waals surface area contributed by atoms with Crippen LogP contribution in [0.3, 0.4) is 0 Å². The molecule has 3 aromatic heterocycles. The Morgan fingerprint density at radius 2 is 1.83 bits per heavy atom. The zero-order valence-corrected chi connectivity index (χ0v) is 13.7. The van der Waals surface area contributed by atoms with Crippen molar-refractivity contribution in [3.05, 3.63) is 72.2 Å². The Morgan fingerprint density at radius 3 is 2.62 bits per heavy atom. The number of rotatable bonds is 2. The number of nitrogen functional groups attached to an aromatic ring is 1. The molecular weight excluding hydrogens is 296 g/mol. The van der Waals surface area contributed by atoms with Gasteiger partial charge in [-0.2, -0.15) is 0 Å². The summed E-state index contributed by atoms with van der Waals surface area (Å²) in [5, 5.41) is 0. The lowest BCUT2D eigenvalue weighted by Gasteiger charge is -2.07. The summed E-state index contributed by atoms with van der Waals surface area (Å²) in [6.45, 7) is 4.10. The molecule has 0 spiro atoms. The van der Waals surface area contributed by atoms with Crippen LogP contribution in [0.1, 0.15) is 11.3 Å². The number of imidazole rings is 1. The van der Waals surface area contributed by atoms with E-state index in [0.29, 0.717) is 0 Å². The molecule has 4 aromatic rings. The SMILES string of the molecule is Cc1cc(C)nc(-c2ccn3c(-c4cccc(N)c4)cnc3c2)c1. The van der Waals surface area contributed by atoms with Crippen LogP contribution in [0.25, 0.3) is 28.2 Å². The van der Waals surface area contributed by atoms with Crippen LogP contribution in [0.2, 0.25) is 0 Å². The predicted octanol–water partition coefficient (Wildman–Crippen LogP) is 4.26. The smallest absolute Gasteiger partial charge is 0.137 e. The van der Waals surface area contributed by atoms with E-state index in [1.54, 1.807) is 0 Å². The maximum absolute atomic E-state index is 5.90. The molecule has 2 N–H and O–H groups in total. The van der Waals surface area contributed by atoms with Gasteiger partial charge < -0.3 is 5.73 Å². The molecule has 0 atom stereocenters. The first-order chi connectivity index (χ1) is 11.6. The molecule has 3 heterocycles. The molecular formula is C20H18N4. The number of benzene rings is 1. The van der Waals surface area contributed by atoms with Crippen molar-refractivity contribution >= 4 is 11.3 Å². The van der Waals surface area contributed by atoms with Crippen LogP contribution >= 0.6 is 0 Å². The number of aromatic nitrogens is 3. The lowest BCUT2D eigenvalue weighted by molar-refractivity contribution is 1.16. The molecule has 4 heteroatoms. The fourth-order valence-electron chi connectivity index (χ4n) is 3.04. The number of hydrogen-bond acceptors (Lipinski definition) is 3. The highest BCUT2D eigenvalue weighted by Crippen LogP contribution is 2.26. The maximum Gasteiger partial charge on any atom is 0.137 e. The quantitative estimate of drug-likeness (QED) is 0.562. The van der Waals surface area contributed by atoms with Crippen LogP contribution in [-0.2, 0) is 0 Å². The number of aryl methyl sites for hydroxylation is 2. The van der Waals surface area contributed by atoms with Crippen LogP contribution in [0, 0.1) is 13.8 Å². The third kappa shape index (κ3) is 2.52. The normalized spacial score (nSPS) is 11.1. The summed E-state index contributed by atoms with van der Waals surface area (Å²) in [5.74, 6) is 0. The standard InChI is InChI=1S/C20H18N4/c1-13-8-14(2)23-18(9-13)15-6-7-24-19(12-22-20(24)11-15)16-4-3-5-17(21)10-16/h3-12H,21H2,1-2H3. The molecule has 0 bridgehead atoms. The second kappa shape index (κ2) is 5.49. The largest absolute Gasteiger partial charge is 0.399 e. The van der Waals surface area contributed by atoms with E-state index in [1.807, 2.05) is 43.6 Å². The number of nitrogens with zero attached hydrogens (tertiary/aromatic N) is 3. The summed E-state index contributed by atoms with van der Waals surface area (Å²) in [5.41, 5.74) is 13.9. The number of fused-ring (bicyclic) bond motifs is 1. The van der Waals surface area contributed by atoms with Gasteiger partial charge in [-0.05, 0) is 55.8 Å². The Hall–Kier alpha value is -3.14. The monoisotopic (exact) mass is 314 g/mol. The van der Waals surface area contributed by atoms with Gasteiger partial charge >= 0.3 is 0 Å². The van der Waals surface area contributed by atoms with Crippen molar-refractivity contribution in [3.8, 4) is 22.5 Å². The highest BCUT2D eigenvalue weighted by atomic mass is 15.0. The zero-order valence-electron chi connectivity index (χ0n) is 13.7. The zero-order chi connectivity index (χ0) is 16.7. The van der Waals surface area contributed by atoms with E-state index < -0.39 is 0 Å². The fraction of sp³-hybridized carbons (Fsp3) is 0.100. The first-order valence-electron chi connectivity index (χ1n) is 7.89. The van der Waals surface area contributed by atoms with Crippen molar-refractivity contribution < 1.29 is 0 Å². The number of anilines is 1. The highest BCUT2D eigenvalue weighted by Gasteiger charge is 2.08. The van der Waals surface area contributed by atoms with Crippen LogP contribution in [0.4, 0.5) is 5.69 Å². The van der Waals surface area contributed by atoms with Gasteiger partial charge in [-0.1, -0.05) is 12.1 Å². The Balaban J connectivity index is 1.83. The lowest BCUT2D eigenvalue weighted by atomic mass is 10.1. The van der Waals surface area contributed by atoms with Gasteiger partial charge in [0.05, 0.1) is 17.6 Å². The van der Waals surface area contributed by atoms with Crippen molar-refractivity contribution in [1.82, 2.24) is 14.4 Å². The molecule has 0 saturated heterocycles. The van der Waals surface area contributed by atoms with Crippen molar-refractivity contribution in [2.24, 2.45) is 0 Å². The van der Waals surface area contributed by atoms with Gasteiger partial charge in [0, 0.05) is 28.7 Å². The van der Waals surface area contributed by atoms with Gasteiger partial charge in [0.25, 0.3) is 0 Å². The van der Waals surface area contributed by atoms with Crippen LogP contribution in [0.15, 0.2) is 60.9 Å². The maximum atomic E-state index is 5.90. The average Bonchev–Trinajstić information content (AvgIpc) is 2.97. The van der Waals surface area contributed by atoms with Gasteiger partial charge in [-0.25, -0.2) is 4.98 Å². The Kier molecular flexibility index (Phi) is 3.31. The Bertz CT molecular complexity index is 1030. The summed E-state index contributed by atoms with van der Waals surface area (Å²) in [6.07, 6.45) is 3.92. The van der Waals surface area contributed by atoms with Crippen molar-refractivity contribution in [3.63, 3.8) is 0 Å². The minimum atomic E-state index is 0.749. The van der Waals surface area contributed by atoms with E-state index in [-0.39, 0.29) is 0 Å². The molecule has 0 amide bonds. The van der Waals surface area contributed by atoms with Gasteiger partial charge in [0.1, 0.15) is 5.65 Å². The molecule has 0 aliphatic carbocycles. The second-order valence-corrected chi connectivity index (χ2v) is 6.08. The third-order valence-corrected chi connectivity index (χ3v) is 4.09. The van der Waals surface area contributed by atoms with Gasteiger partial charge in [0.15, 0.2) is 0 Å². The molecule has 0 unspecified atom stereocenters. The highest BCUT2D eigenvalue weighted by molar-refractivity contribution is 5.71. The summed E-state index contributed by atoms with van der Waals surface area (Å²) in [4.78, 5) is 9.18. The minimum Gasteiger partial charge on any atom is -0.399 e. The summed E-state index contributed by atoms with van der Waals surface area (Å²) >= 11 is 0. The van der Waals surface area contributed by atoms with E-state index in [0.717, 1.165) is 39.5 Å². The molecule has 0 aliphatic heterocycles. The van der Waals surface area contributed by atoms with E-state index in [9.17, 15) is 0 Å². The van der Waals surface area contributed by atoms with Crippen LogP contribution in [-0.4, -0.2) is 14.4 Å². The first-order valence-corrected chi connectivity index (χ1v) is 7.89. The van der Waals surface area contributed by atoms with E-state index in [4.69, 9.17) is 5.73 Å². The van der Waals surface area contributed by atoms with E-state index in [1.165, 1.54) is 5.56 Å². The molecule has 0 fully saturated rings. The molecule has 0 saturated carbocycles. The van der Waals surface area contributed by atoms with E-state index in [2.05, 4.69) is 45.6 Å². The summed E-state index contributed by atoms with van der Waals surface area (Å²) in [7, 11) is 0. The van der Waals surface area contributed by atoms with Crippen molar-refractivity contribution in [2.75, 3.05) is 5.73 Å². The Labute approximate surface area is 140 Å². The first kappa shape index (κ1) is 14.5. The topological polar surface area (TPSA) is 56.2 Å². The summed E-state index contributed by atoms with van der Waals surface area (Å²) in [6, 6.07) is 16.2. The molecule has 24 heavy (non-hydrogen) atoms. The predicted molar refractivity (Wildman–Crippen MR) is 97.7 cm³/mol. The van der Waals surface area contributed by atoms with Crippen LogP contribution in [0.5, 0.6) is 0 Å². The van der Waals surface area contributed by atoms with Crippen LogP contribution < -0.4 is 5.73 Å². The molecule has 0 aliphatic rings. The average molecular weight is 314 g/mol. The number of pyridine rings is 2. The van der Waals surface area contributed by atoms with Crippen molar-refractivity contribution in [2.45, 2.75) is 13.8 Å². The minimum absolute atomic E-state index is 0.749. The van der Waals surface area contributed by atoms with Crippen molar-refractivity contribution in [1.29, 1.82) is 0 Å². The molecule has 4 nitrogen and oxygen atoms in total. The molecule has 118 valence electrons. The number of hydrogen-bond donors (Lipinski definition) is 1. The second-order valence-electron chi connectivity index (χ2n) is 6.08. The van der Waals surface area contributed by atoms with E-state index >= 15 is 0 Å². The molecule has 1 aromatic carbocycles. The lowest BCUT2D eigenvalue weighted by Crippen LogP contribution is -1.93. The number of nitrogens with two attached hydrogens (primary N) is 1. The molecule has 4 rings (SSSR count). The third-order valence-electron chi connectivity index (χ3n) is 4.09. The van der Waals surface area contributed by atoms with Gasteiger partial charge in [-0.15, -0.1) is 0 Å². The Morgan fingerprint density at radius 1 is 0.958 bits per heavy atom. The van der Waals surface area contributed by atoms with Gasteiger partial charge in [0.2, 0.25) is 0 Å². The van der Waals surface area contributed by atoms with Gasteiger partial charge in [-0.3, -0.25) is 9.38 Å². The fourth-order valence-corrected chi connectivity index (χ4v) is 3.04. The summed E-state index contributed by atoms with van der Waals surface area (Å²) < 4.78 is 2.07.